The third-order valence-electron chi connectivity index (χ3n) is 4.28. The van der Waals surface area contributed by atoms with Crippen LogP contribution >= 0.6 is 23.5 Å². The molecule has 140 valence electrons. The summed E-state index contributed by atoms with van der Waals surface area (Å²) in [5, 5.41) is 12.3. The zero-order valence-corrected chi connectivity index (χ0v) is 16.7. The van der Waals surface area contributed by atoms with E-state index in [0.29, 0.717) is 30.4 Å². The third-order valence-corrected chi connectivity index (χ3v) is 6.45. The molecule has 0 bridgehead atoms. The first-order valence-electron chi connectivity index (χ1n) is 8.48. The van der Waals surface area contributed by atoms with Crippen molar-refractivity contribution in [3.05, 3.63) is 27.9 Å². The minimum Gasteiger partial charge on any atom is -0.355 e. The Kier molecular flexibility index (Phi) is 6.02. The van der Waals surface area contributed by atoms with Crippen LogP contribution in [-0.2, 0) is 24.8 Å². The van der Waals surface area contributed by atoms with Crippen molar-refractivity contribution in [2.45, 2.75) is 37.1 Å². The average Bonchev–Trinajstić information content (AvgIpc) is 3.03. The Bertz CT molecular complexity index is 863. The number of hydrogen-bond acceptors (Lipinski definition) is 7. The molecule has 1 amide bonds. The number of carbonyl (C=O) groups is 1. The maximum atomic E-state index is 12.6. The summed E-state index contributed by atoms with van der Waals surface area (Å²) in [6.07, 6.45) is 2.30. The molecule has 10 heteroatoms. The van der Waals surface area contributed by atoms with E-state index in [4.69, 9.17) is 0 Å². The van der Waals surface area contributed by atoms with Crippen LogP contribution in [0.4, 0.5) is 0 Å². The quantitative estimate of drug-likeness (QED) is 0.441. The van der Waals surface area contributed by atoms with Crippen LogP contribution in [0.3, 0.4) is 0 Å². The van der Waals surface area contributed by atoms with Crippen LogP contribution in [-0.4, -0.2) is 48.3 Å². The van der Waals surface area contributed by atoms with E-state index in [2.05, 4.69) is 20.5 Å². The summed E-state index contributed by atoms with van der Waals surface area (Å²) >= 11 is 3.02. The highest BCUT2D eigenvalue weighted by Gasteiger charge is 2.27. The van der Waals surface area contributed by atoms with Gasteiger partial charge in [0.2, 0.25) is 5.91 Å². The molecule has 8 nitrogen and oxygen atoms in total. The van der Waals surface area contributed by atoms with Gasteiger partial charge in [0.25, 0.3) is 5.56 Å². The molecule has 0 fully saturated rings. The summed E-state index contributed by atoms with van der Waals surface area (Å²) in [7, 11) is 1.88. The van der Waals surface area contributed by atoms with Crippen molar-refractivity contribution in [3.8, 4) is 0 Å². The predicted octanol–water partition coefficient (Wildman–Crippen LogP) is 0.873. The molecular weight excluding hydrogens is 372 g/mol. The number of aromatic nitrogens is 5. The number of fused-ring (bicyclic) bond motifs is 1. The van der Waals surface area contributed by atoms with Crippen molar-refractivity contribution < 1.29 is 4.79 Å². The fraction of sp³-hybridized carbons (Fsp3) is 0.562. The maximum Gasteiger partial charge on any atom is 0.257 e. The third kappa shape index (κ3) is 3.96. The maximum absolute atomic E-state index is 12.6. The molecule has 1 N–H and O–H groups in total. The monoisotopic (exact) mass is 394 g/mol. The van der Waals surface area contributed by atoms with Crippen LogP contribution in [0.15, 0.2) is 21.4 Å². The number of rotatable bonds is 6. The van der Waals surface area contributed by atoms with E-state index in [9.17, 15) is 9.59 Å². The Hall–Kier alpha value is -1.81. The van der Waals surface area contributed by atoms with Gasteiger partial charge in [-0.2, -0.15) is 0 Å². The molecule has 1 aliphatic rings. The molecule has 2 aromatic heterocycles. The SMILES string of the molecule is CCc1c(C)nc2n(c1=O)CC(C(=O)NCCSc1nncn1C)CS2. The van der Waals surface area contributed by atoms with Crippen molar-refractivity contribution in [3.63, 3.8) is 0 Å². The van der Waals surface area contributed by atoms with Gasteiger partial charge in [-0.05, 0) is 13.3 Å². The van der Waals surface area contributed by atoms with Crippen molar-refractivity contribution in [2.24, 2.45) is 13.0 Å². The molecular formula is C16H22N6O2S2. The van der Waals surface area contributed by atoms with Gasteiger partial charge < -0.3 is 9.88 Å². The molecule has 0 aliphatic carbocycles. The highest BCUT2D eigenvalue weighted by atomic mass is 32.2. The van der Waals surface area contributed by atoms with Gasteiger partial charge in [0, 0.05) is 42.9 Å². The number of amides is 1. The van der Waals surface area contributed by atoms with Gasteiger partial charge in [-0.1, -0.05) is 30.4 Å². The topological polar surface area (TPSA) is 94.7 Å². The second-order valence-electron chi connectivity index (χ2n) is 6.10. The first kappa shape index (κ1) is 19.0. The molecule has 2 aromatic rings. The largest absolute Gasteiger partial charge is 0.355 e. The summed E-state index contributed by atoms with van der Waals surface area (Å²) in [6, 6.07) is 0. The molecule has 1 aliphatic heterocycles. The Balaban J connectivity index is 1.57. The Morgan fingerprint density at radius 2 is 2.31 bits per heavy atom. The molecule has 1 unspecified atom stereocenters. The lowest BCUT2D eigenvalue weighted by Crippen LogP contribution is -2.41. The minimum absolute atomic E-state index is 0.0159. The zero-order valence-electron chi connectivity index (χ0n) is 15.1. The van der Waals surface area contributed by atoms with Crippen molar-refractivity contribution in [1.82, 2.24) is 29.6 Å². The Morgan fingerprint density at radius 3 is 3.00 bits per heavy atom. The van der Waals surface area contributed by atoms with Gasteiger partial charge >= 0.3 is 0 Å². The summed E-state index contributed by atoms with van der Waals surface area (Å²) in [6.45, 7) is 4.76. The normalized spacial score (nSPS) is 16.3. The molecule has 26 heavy (non-hydrogen) atoms. The number of nitrogens with zero attached hydrogens (tertiary/aromatic N) is 5. The first-order valence-corrected chi connectivity index (χ1v) is 10.5. The summed E-state index contributed by atoms with van der Waals surface area (Å²) in [5.74, 6) is 1.11. The highest BCUT2D eigenvalue weighted by Crippen LogP contribution is 2.26. The van der Waals surface area contributed by atoms with Gasteiger partial charge in [0.15, 0.2) is 10.3 Å². The van der Waals surface area contributed by atoms with Crippen LogP contribution in [0.2, 0.25) is 0 Å². The highest BCUT2D eigenvalue weighted by molar-refractivity contribution is 7.99. The second kappa shape index (κ2) is 8.26. The number of thioether (sulfide) groups is 2. The lowest BCUT2D eigenvalue weighted by molar-refractivity contribution is -0.124. The van der Waals surface area contributed by atoms with Crippen molar-refractivity contribution in [2.75, 3.05) is 18.1 Å². The van der Waals surface area contributed by atoms with Crippen LogP contribution in [0.5, 0.6) is 0 Å². The van der Waals surface area contributed by atoms with Crippen molar-refractivity contribution in [1.29, 1.82) is 0 Å². The van der Waals surface area contributed by atoms with E-state index in [1.807, 2.05) is 25.5 Å². The van der Waals surface area contributed by atoms with Crippen LogP contribution < -0.4 is 10.9 Å². The van der Waals surface area contributed by atoms with E-state index < -0.39 is 0 Å². The molecule has 3 heterocycles. The molecule has 0 radical (unpaired) electrons. The lowest BCUT2D eigenvalue weighted by atomic mass is 10.1. The molecule has 0 saturated heterocycles. The molecule has 0 saturated carbocycles. The fourth-order valence-corrected chi connectivity index (χ4v) is 4.69. The van der Waals surface area contributed by atoms with Crippen LogP contribution in [0.1, 0.15) is 18.2 Å². The minimum atomic E-state index is -0.223. The van der Waals surface area contributed by atoms with Gasteiger partial charge in [0.05, 0.1) is 5.92 Å². The van der Waals surface area contributed by atoms with E-state index >= 15 is 0 Å². The number of aryl methyl sites for hydroxylation is 2. The predicted molar refractivity (Wildman–Crippen MR) is 102 cm³/mol. The molecule has 3 rings (SSSR count). The van der Waals surface area contributed by atoms with Gasteiger partial charge in [-0.3, -0.25) is 14.2 Å². The molecule has 1 atom stereocenters. The molecule has 0 spiro atoms. The van der Waals surface area contributed by atoms with Crippen LogP contribution in [0.25, 0.3) is 0 Å². The van der Waals surface area contributed by atoms with E-state index in [1.54, 1.807) is 22.7 Å². The van der Waals surface area contributed by atoms with E-state index in [-0.39, 0.29) is 17.4 Å². The van der Waals surface area contributed by atoms with Gasteiger partial charge in [0.1, 0.15) is 6.33 Å². The number of nitrogens with one attached hydrogen (secondary N) is 1. The number of carbonyl (C=O) groups excluding carboxylic acids is 1. The zero-order chi connectivity index (χ0) is 18.7. The first-order chi connectivity index (χ1) is 12.5. The van der Waals surface area contributed by atoms with Gasteiger partial charge in [-0.15, -0.1) is 10.2 Å². The van der Waals surface area contributed by atoms with E-state index in [0.717, 1.165) is 22.2 Å². The summed E-state index contributed by atoms with van der Waals surface area (Å²) in [5.41, 5.74) is 1.51. The Morgan fingerprint density at radius 1 is 1.50 bits per heavy atom. The second-order valence-corrected chi connectivity index (χ2v) is 8.15. The van der Waals surface area contributed by atoms with Gasteiger partial charge in [-0.25, -0.2) is 4.98 Å². The average molecular weight is 395 g/mol. The van der Waals surface area contributed by atoms with Crippen molar-refractivity contribution >= 4 is 29.4 Å². The Labute approximate surface area is 160 Å². The van der Waals surface area contributed by atoms with E-state index in [1.165, 1.54) is 11.8 Å². The van der Waals surface area contributed by atoms with Crippen LogP contribution in [0, 0.1) is 12.8 Å². The fourth-order valence-electron chi connectivity index (χ4n) is 2.83. The summed E-state index contributed by atoms with van der Waals surface area (Å²) < 4.78 is 3.49. The summed E-state index contributed by atoms with van der Waals surface area (Å²) in [4.78, 5) is 29.6. The number of hydrogen-bond donors (Lipinski definition) is 1. The molecule has 0 aromatic carbocycles. The standard InChI is InChI=1S/C16H22N6O2S2/c1-4-12-10(2)19-15-22(14(12)24)7-11(8-26-15)13(23)17-5-6-25-16-20-18-9-21(16)3/h9,11H,4-8H2,1-3H3,(H,17,23). The smallest absolute Gasteiger partial charge is 0.257 e. The lowest BCUT2D eigenvalue weighted by Gasteiger charge is -2.25.